The summed E-state index contributed by atoms with van der Waals surface area (Å²) in [5.74, 6) is 0.796. The van der Waals surface area contributed by atoms with Crippen molar-refractivity contribution < 1.29 is 13.6 Å². The Balaban J connectivity index is 1.94. The molecule has 1 aromatic carbocycles. The van der Waals surface area contributed by atoms with Crippen LogP contribution >= 0.6 is 8.60 Å². The molecule has 15 heavy (non-hydrogen) atoms. The third-order valence-corrected chi connectivity index (χ3v) is 3.54. The van der Waals surface area contributed by atoms with Gasteiger partial charge in [0, 0.05) is 6.42 Å². The molecule has 1 fully saturated rings. The number of rotatable bonds is 2. The molecular formula is C11H15O3P. The van der Waals surface area contributed by atoms with Crippen molar-refractivity contribution >= 4 is 8.60 Å². The molecule has 1 heterocycles. The fourth-order valence-electron chi connectivity index (χ4n) is 1.48. The van der Waals surface area contributed by atoms with Gasteiger partial charge in [-0.2, -0.15) is 0 Å². The second-order valence-corrected chi connectivity index (χ2v) is 4.75. The van der Waals surface area contributed by atoms with Crippen molar-refractivity contribution in [3.8, 4) is 5.75 Å². The van der Waals surface area contributed by atoms with Crippen LogP contribution in [0.5, 0.6) is 5.75 Å². The molecule has 1 saturated heterocycles. The first-order chi connectivity index (χ1) is 7.24. The Hall–Kier alpha value is -0.630. The molecule has 3 atom stereocenters. The van der Waals surface area contributed by atoms with Crippen LogP contribution < -0.4 is 4.52 Å². The highest BCUT2D eigenvalue weighted by Gasteiger charge is 2.28. The zero-order valence-corrected chi connectivity index (χ0v) is 9.81. The van der Waals surface area contributed by atoms with Gasteiger partial charge >= 0.3 is 8.60 Å². The summed E-state index contributed by atoms with van der Waals surface area (Å²) in [7, 11) is -1.23. The first kappa shape index (κ1) is 10.9. The predicted octanol–water partition coefficient (Wildman–Crippen LogP) is 3.51. The van der Waals surface area contributed by atoms with E-state index in [0.29, 0.717) is 0 Å². The smallest absolute Gasteiger partial charge is 0.397 e. The SMILES string of the molecule is C[C@@H]1C[C@H](C)OP(Oc2ccccc2)O1. The molecule has 3 nitrogen and oxygen atoms in total. The van der Waals surface area contributed by atoms with Crippen LogP contribution in [0, 0.1) is 0 Å². The first-order valence-corrected chi connectivity index (χ1v) is 6.20. The number of hydrogen-bond acceptors (Lipinski definition) is 3. The monoisotopic (exact) mass is 226 g/mol. The molecule has 1 aliphatic heterocycles. The van der Waals surface area contributed by atoms with E-state index >= 15 is 0 Å². The van der Waals surface area contributed by atoms with Crippen molar-refractivity contribution in [2.75, 3.05) is 0 Å². The Morgan fingerprint density at radius 2 is 1.73 bits per heavy atom. The van der Waals surface area contributed by atoms with Crippen molar-refractivity contribution in [3.63, 3.8) is 0 Å². The Bertz CT molecular complexity index is 294. The van der Waals surface area contributed by atoms with E-state index in [1.165, 1.54) is 0 Å². The van der Waals surface area contributed by atoms with Crippen LogP contribution in [0.3, 0.4) is 0 Å². The quantitative estimate of drug-likeness (QED) is 0.722. The Labute approximate surface area is 91.4 Å². The molecule has 1 unspecified atom stereocenters. The van der Waals surface area contributed by atoms with Crippen LogP contribution in [-0.2, 0) is 9.05 Å². The molecule has 0 bridgehead atoms. The van der Waals surface area contributed by atoms with Gasteiger partial charge in [0.2, 0.25) is 0 Å². The van der Waals surface area contributed by atoms with Crippen molar-refractivity contribution in [1.82, 2.24) is 0 Å². The molecule has 0 N–H and O–H groups in total. The van der Waals surface area contributed by atoms with E-state index in [2.05, 4.69) is 0 Å². The molecule has 2 rings (SSSR count). The van der Waals surface area contributed by atoms with E-state index in [9.17, 15) is 0 Å². The summed E-state index contributed by atoms with van der Waals surface area (Å²) in [5, 5.41) is 0. The minimum Gasteiger partial charge on any atom is -0.427 e. The van der Waals surface area contributed by atoms with Crippen LogP contribution in [0.15, 0.2) is 30.3 Å². The van der Waals surface area contributed by atoms with Crippen LogP contribution in [0.1, 0.15) is 20.3 Å². The summed E-state index contributed by atoms with van der Waals surface area (Å²) in [6, 6.07) is 9.62. The second-order valence-electron chi connectivity index (χ2n) is 3.70. The third-order valence-electron chi connectivity index (χ3n) is 2.12. The Kier molecular flexibility index (Phi) is 3.57. The third kappa shape index (κ3) is 3.16. The number of benzene rings is 1. The standard InChI is InChI=1S/C11H15O3P/c1-9-8-10(2)13-15(12-9)14-11-6-4-3-5-7-11/h3-7,9-10H,8H2,1-2H3/t9-,10+,15?. The zero-order chi connectivity index (χ0) is 10.7. The lowest BCUT2D eigenvalue weighted by Crippen LogP contribution is -2.23. The van der Waals surface area contributed by atoms with Crippen molar-refractivity contribution in [2.24, 2.45) is 0 Å². The molecule has 0 aliphatic carbocycles. The Morgan fingerprint density at radius 3 is 2.33 bits per heavy atom. The molecule has 0 radical (unpaired) electrons. The fourth-order valence-corrected chi connectivity index (χ4v) is 2.67. The largest absolute Gasteiger partial charge is 0.427 e. The van der Waals surface area contributed by atoms with E-state index in [4.69, 9.17) is 13.6 Å². The lowest BCUT2D eigenvalue weighted by Gasteiger charge is -2.29. The van der Waals surface area contributed by atoms with Crippen LogP contribution in [0.25, 0.3) is 0 Å². The van der Waals surface area contributed by atoms with E-state index in [1.54, 1.807) is 0 Å². The highest BCUT2D eigenvalue weighted by molar-refractivity contribution is 7.42. The maximum absolute atomic E-state index is 5.62. The van der Waals surface area contributed by atoms with Crippen molar-refractivity contribution in [2.45, 2.75) is 32.5 Å². The maximum Gasteiger partial charge on any atom is 0.397 e. The summed E-state index contributed by atoms with van der Waals surface area (Å²) < 4.78 is 16.8. The van der Waals surface area contributed by atoms with E-state index in [1.807, 2.05) is 44.2 Å². The molecule has 0 saturated carbocycles. The minimum absolute atomic E-state index is 0.212. The summed E-state index contributed by atoms with van der Waals surface area (Å²) in [6.45, 7) is 4.09. The van der Waals surface area contributed by atoms with Crippen LogP contribution in [0.2, 0.25) is 0 Å². The van der Waals surface area contributed by atoms with E-state index in [-0.39, 0.29) is 12.2 Å². The van der Waals surface area contributed by atoms with Gasteiger partial charge in [-0.1, -0.05) is 18.2 Å². The summed E-state index contributed by atoms with van der Waals surface area (Å²) in [6.07, 6.45) is 1.35. The highest BCUT2D eigenvalue weighted by atomic mass is 31.2. The van der Waals surface area contributed by atoms with Gasteiger partial charge in [0.15, 0.2) is 0 Å². The minimum atomic E-state index is -1.23. The molecule has 1 aromatic rings. The highest BCUT2D eigenvalue weighted by Crippen LogP contribution is 2.47. The summed E-state index contributed by atoms with van der Waals surface area (Å²) in [4.78, 5) is 0. The van der Waals surface area contributed by atoms with Gasteiger partial charge in [-0.3, -0.25) is 9.05 Å². The molecule has 4 heteroatoms. The van der Waals surface area contributed by atoms with E-state index < -0.39 is 8.60 Å². The number of hydrogen-bond donors (Lipinski definition) is 0. The normalized spacial score (nSPS) is 31.2. The van der Waals surface area contributed by atoms with Gasteiger partial charge in [-0.25, -0.2) is 0 Å². The average molecular weight is 226 g/mol. The van der Waals surface area contributed by atoms with Gasteiger partial charge < -0.3 is 4.52 Å². The van der Waals surface area contributed by atoms with Crippen molar-refractivity contribution in [3.05, 3.63) is 30.3 Å². The second kappa shape index (κ2) is 4.93. The molecule has 0 amide bonds. The van der Waals surface area contributed by atoms with Gasteiger partial charge in [0.05, 0.1) is 12.2 Å². The van der Waals surface area contributed by atoms with Crippen molar-refractivity contribution in [1.29, 1.82) is 0 Å². The zero-order valence-electron chi connectivity index (χ0n) is 8.92. The average Bonchev–Trinajstić information content (AvgIpc) is 2.17. The van der Waals surface area contributed by atoms with Gasteiger partial charge in [0.1, 0.15) is 5.75 Å². The lowest BCUT2D eigenvalue weighted by molar-refractivity contribution is 0.0498. The molecular weight excluding hydrogens is 211 g/mol. The van der Waals surface area contributed by atoms with Crippen LogP contribution in [-0.4, -0.2) is 12.2 Å². The molecule has 82 valence electrons. The topological polar surface area (TPSA) is 27.7 Å². The van der Waals surface area contributed by atoms with Gasteiger partial charge in [0.25, 0.3) is 0 Å². The van der Waals surface area contributed by atoms with Crippen LogP contribution in [0.4, 0.5) is 0 Å². The summed E-state index contributed by atoms with van der Waals surface area (Å²) in [5.41, 5.74) is 0. The predicted molar refractivity (Wildman–Crippen MR) is 59.7 cm³/mol. The molecule has 1 aliphatic rings. The number of para-hydroxylation sites is 1. The van der Waals surface area contributed by atoms with E-state index in [0.717, 1.165) is 12.2 Å². The van der Waals surface area contributed by atoms with Gasteiger partial charge in [-0.05, 0) is 26.0 Å². The Morgan fingerprint density at radius 1 is 1.13 bits per heavy atom. The molecule has 0 spiro atoms. The van der Waals surface area contributed by atoms with Gasteiger partial charge in [-0.15, -0.1) is 0 Å². The molecule has 0 aromatic heterocycles. The lowest BCUT2D eigenvalue weighted by atomic mass is 10.2. The summed E-state index contributed by atoms with van der Waals surface area (Å²) >= 11 is 0. The first-order valence-electron chi connectivity index (χ1n) is 5.11. The maximum atomic E-state index is 5.62. The fraction of sp³-hybridized carbons (Fsp3) is 0.455.